The number of para-hydroxylation sites is 1. The number of nitrogens with one attached hydrogen (secondary N) is 1. The molecule has 0 aliphatic carbocycles. The second-order valence-electron chi connectivity index (χ2n) is 6.65. The molecule has 4 aromatic rings. The van der Waals surface area contributed by atoms with Crippen molar-refractivity contribution in [1.82, 2.24) is 20.1 Å². The van der Waals surface area contributed by atoms with Crippen LogP contribution in [0.1, 0.15) is 17.1 Å². The summed E-state index contributed by atoms with van der Waals surface area (Å²) in [4.78, 5) is 12.4. The summed E-state index contributed by atoms with van der Waals surface area (Å²) < 4.78 is 14.1. The molecule has 5 rings (SSSR count). The summed E-state index contributed by atoms with van der Waals surface area (Å²) in [5.74, 6) is 1.74. The highest BCUT2D eigenvalue weighted by atomic mass is 32.2. The zero-order chi connectivity index (χ0) is 20.5. The maximum atomic E-state index is 12.4. The molecule has 0 amide bonds. The fraction of sp³-hybridized carbons (Fsp3) is 0.150. The normalized spacial score (nSPS) is 13.0. The standard InChI is InChI=1S/C20H16N6O3S/c1-13-7-9-15(10-8-13)28-11-17-21-22-20-26(17)23-16(12-30-20)18-19(27)29-24-25(18)14-5-3-2-4-6-14/h2-10H,11-12H2,1H3/p+1. The molecule has 150 valence electrons. The van der Waals surface area contributed by atoms with Gasteiger partial charge >= 0.3 is 11.3 Å². The second kappa shape index (κ2) is 7.64. The van der Waals surface area contributed by atoms with Gasteiger partial charge in [0.2, 0.25) is 10.8 Å². The van der Waals surface area contributed by atoms with Gasteiger partial charge in [0.05, 0.1) is 5.75 Å². The minimum absolute atomic E-state index is 0.202. The smallest absolute Gasteiger partial charge is 0.437 e. The molecule has 2 aromatic carbocycles. The van der Waals surface area contributed by atoms with Gasteiger partial charge in [0.1, 0.15) is 12.4 Å². The summed E-state index contributed by atoms with van der Waals surface area (Å²) in [6.07, 6.45) is 0. The van der Waals surface area contributed by atoms with E-state index in [0.29, 0.717) is 28.1 Å². The average Bonchev–Trinajstić information content (AvgIpc) is 3.37. The number of hydrogen-bond acceptors (Lipinski definition) is 7. The predicted molar refractivity (Wildman–Crippen MR) is 109 cm³/mol. The fourth-order valence-electron chi connectivity index (χ4n) is 3.03. The molecule has 1 N–H and O–H groups in total. The summed E-state index contributed by atoms with van der Waals surface area (Å²) in [6.45, 7) is 2.22. The van der Waals surface area contributed by atoms with Crippen molar-refractivity contribution in [1.29, 1.82) is 0 Å². The minimum atomic E-state index is -0.493. The lowest BCUT2D eigenvalue weighted by Gasteiger charge is -2.11. The van der Waals surface area contributed by atoms with Crippen LogP contribution in [0, 0.1) is 6.92 Å². The van der Waals surface area contributed by atoms with Crippen molar-refractivity contribution in [3.8, 4) is 11.4 Å². The van der Waals surface area contributed by atoms with Crippen LogP contribution in [0.25, 0.3) is 5.69 Å². The maximum Gasteiger partial charge on any atom is 0.437 e. The Morgan fingerprint density at radius 2 is 1.97 bits per heavy atom. The third-order valence-corrected chi connectivity index (χ3v) is 5.49. The molecule has 2 aromatic heterocycles. The first kappa shape index (κ1) is 18.4. The number of hydrogen-bond donors (Lipinski definition) is 1. The number of fused-ring (bicyclic) bond motifs is 1. The molecule has 0 spiro atoms. The highest BCUT2D eigenvalue weighted by molar-refractivity contribution is 7.99. The van der Waals surface area contributed by atoms with E-state index in [0.717, 1.165) is 17.0 Å². The largest absolute Gasteiger partial charge is 0.486 e. The Morgan fingerprint density at radius 1 is 1.17 bits per heavy atom. The quantitative estimate of drug-likeness (QED) is 0.495. The van der Waals surface area contributed by atoms with E-state index < -0.39 is 5.63 Å². The van der Waals surface area contributed by atoms with Crippen LogP contribution in [-0.4, -0.2) is 31.6 Å². The van der Waals surface area contributed by atoms with E-state index in [1.807, 2.05) is 61.5 Å². The Balaban J connectivity index is 1.47. The van der Waals surface area contributed by atoms with E-state index >= 15 is 0 Å². The van der Waals surface area contributed by atoms with Crippen LogP contribution in [-0.2, 0) is 6.61 Å². The second-order valence-corrected chi connectivity index (χ2v) is 7.59. The van der Waals surface area contributed by atoms with Crippen LogP contribution in [0.4, 0.5) is 0 Å². The molecule has 0 fully saturated rings. The summed E-state index contributed by atoms with van der Waals surface area (Å²) in [5.41, 5.74) is 2.32. The van der Waals surface area contributed by atoms with Crippen molar-refractivity contribution >= 4 is 17.5 Å². The lowest BCUT2D eigenvalue weighted by molar-refractivity contribution is -0.671. The van der Waals surface area contributed by atoms with Gasteiger partial charge in [0, 0.05) is 12.1 Å². The van der Waals surface area contributed by atoms with Crippen LogP contribution in [0.2, 0.25) is 0 Å². The van der Waals surface area contributed by atoms with Crippen LogP contribution in [0.3, 0.4) is 0 Å². The molecule has 0 atom stereocenters. The Labute approximate surface area is 175 Å². The summed E-state index contributed by atoms with van der Waals surface area (Å²) in [5, 5.41) is 16.3. The molecule has 10 heteroatoms. The van der Waals surface area contributed by atoms with Crippen molar-refractivity contribution in [2.24, 2.45) is 5.10 Å². The number of aryl methyl sites for hydroxylation is 1. The Kier molecular flexibility index (Phi) is 4.68. The van der Waals surface area contributed by atoms with Crippen LogP contribution in [0.5, 0.6) is 5.75 Å². The van der Waals surface area contributed by atoms with Crippen molar-refractivity contribution in [2.75, 3.05) is 5.75 Å². The van der Waals surface area contributed by atoms with Gasteiger partial charge in [-0.15, -0.1) is 10.2 Å². The zero-order valence-electron chi connectivity index (χ0n) is 16.0. The van der Waals surface area contributed by atoms with Crippen molar-refractivity contribution < 1.29 is 13.9 Å². The number of H-pyrrole nitrogens is 1. The highest BCUT2D eigenvalue weighted by Gasteiger charge is 2.32. The van der Waals surface area contributed by atoms with Crippen LogP contribution < -0.4 is 15.0 Å². The van der Waals surface area contributed by atoms with E-state index in [2.05, 4.69) is 20.6 Å². The van der Waals surface area contributed by atoms with Gasteiger partial charge in [0.25, 0.3) is 0 Å². The van der Waals surface area contributed by atoms with E-state index in [4.69, 9.17) is 9.26 Å². The monoisotopic (exact) mass is 421 g/mol. The Hall–Kier alpha value is -3.66. The minimum Gasteiger partial charge on any atom is -0.486 e. The lowest BCUT2D eigenvalue weighted by atomic mass is 10.2. The van der Waals surface area contributed by atoms with Gasteiger partial charge in [-0.3, -0.25) is 4.52 Å². The van der Waals surface area contributed by atoms with Gasteiger partial charge < -0.3 is 4.74 Å². The number of thioether (sulfide) groups is 1. The molecule has 1 aliphatic heterocycles. The van der Waals surface area contributed by atoms with Gasteiger partial charge in [-0.1, -0.05) is 47.7 Å². The SMILES string of the molecule is Cc1ccc(OCc2nnc3n2N=C(c2c(=O)o[nH][n+]2-c2ccccc2)CS3)cc1. The molecule has 3 heterocycles. The fourth-order valence-corrected chi connectivity index (χ4v) is 3.86. The number of rotatable bonds is 5. The topological polar surface area (TPSA) is 102 Å². The first-order chi connectivity index (χ1) is 14.7. The Bertz CT molecular complexity index is 1270. The van der Waals surface area contributed by atoms with Crippen molar-refractivity contribution in [2.45, 2.75) is 18.7 Å². The third-order valence-electron chi connectivity index (χ3n) is 4.56. The number of nitrogens with zero attached hydrogens (tertiary/aromatic N) is 5. The van der Waals surface area contributed by atoms with Crippen molar-refractivity contribution in [3.63, 3.8) is 0 Å². The lowest BCUT2D eigenvalue weighted by Crippen LogP contribution is -2.42. The number of aromatic nitrogens is 5. The van der Waals surface area contributed by atoms with E-state index in [-0.39, 0.29) is 6.61 Å². The summed E-state index contributed by atoms with van der Waals surface area (Å²) >= 11 is 1.45. The highest BCUT2D eigenvalue weighted by Crippen LogP contribution is 2.23. The maximum absolute atomic E-state index is 12.4. The summed E-state index contributed by atoms with van der Waals surface area (Å²) in [7, 11) is 0. The first-order valence-electron chi connectivity index (χ1n) is 9.23. The molecular formula is C20H17N6O3S+. The predicted octanol–water partition coefficient (Wildman–Crippen LogP) is 2.08. The summed E-state index contributed by atoms with van der Waals surface area (Å²) in [6, 6.07) is 17.2. The molecule has 0 unspecified atom stereocenters. The van der Waals surface area contributed by atoms with Crippen LogP contribution >= 0.6 is 11.8 Å². The zero-order valence-corrected chi connectivity index (χ0v) is 16.8. The molecule has 1 aliphatic rings. The molecule has 30 heavy (non-hydrogen) atoms. The van der Waals surface area contributed by atoms with Crippen LogP contribution in [0.15, 0.2) is 74.2 Å². The number of aromatic amines is 1. The molecular weight excluding hydrogens is 404 g/mol. The van der Waals surface area contributed by atoms with Gasteiger partial charge in [-0.2, -0.15) is 9.78 Å². The van der Waals surface area contributed by atoms with E-state index in [9.17, 15) is 4.79 Å². The third kappa shape index (κ3) is 3.41. The first-order valence-corrected chi connectivity index (χ1v) is 10.2. The van der Waals surface area contributed by atoms with E-state index in [1.54, 1.807) is 9.36 Å². The molecule has 0 radical (unpaired) electrons. The molecule has 0 bridgehead atoms. The van der Waals surface area contributed by atoms with Gasteiger partial charge in [-0.05, 0) is 29.0 Å². The van der Waals surface area contributed by atoms with E-state index in [1.165, 1.54) is 11.8 Å². The number of ether oxygens (including phenoxy) is 1. The average molecular weight is 421 g/mol. The molecule has 0 saturated heterocycles. The molecule has 9 nitrogen and oxygen atoms in total. The van der Waals surface area contributed by atoms with Crippen molar-refractivity contribution in [3.05, 3.63) is 82.1 Å². The van der Waals surface area contributed by atoms with Gasteiger partial charge in [-0.25, -0.2) is 4.79 Å². The molecule has 0 saturated carbocycles. The Morgan fingerprint density at radius 3 is 2.77 bits per heavy atom. The van der Waals surface area contributed by atoms with Gasteiger partial charge in [0.15, 0.2) is 11.5 Å². The number of benzene rings is 2.